The molecule has 7 atom stereocenters. The Bertz CT molecular complexity index is 753. The normalized spacial score (nSPS) is 17.1. The lowest BCUT2D eigenvalue weighted by molar-refractivity contribution is -0.133. The van der Waals surface area contributed by atoms with Crippen molar-refractivity contribution in [3.63, 3.8) is 0 Å². The summed E-state index contributed by atoms with van der Waals surface area (Å²) in [4.78, 5) is 50.1. The number of rotatable bonds is 18. The van der Waals surface area contributed by atoms with Crippen LogP contribution in [0, 0.1) is 5.92 Å². The lowest BCUT2D eigenvalue weighted by Gasteiger charge is -2.27. The van der Waals surface area contributed by atoms with E-state index >= 15 is 0 Å². The van der Waals surface area contributed by atoms with Crippen molar-refractivity contribution in [3.8, 4) is 0 Å². The minimum Gasteiger partial charge on any atom is -0.394 e. The van der Waals surface area contributed by atoms with Gasteiger partial charge in [-0.05, 0) is 26.2 Å². The molecule has 4 amide bonds. The second-order valence-corrected chi connectivity index (χ2v) is 9.87. The van der Waals surface area contributed by atoms with E-state index in [1.165, 1.54) is 6.92 Å². The Kier molecular flexibility index (Phi) is 16.9. The van der Waals surface area contributed by atoms with Crippen molar-refractivity contribution in [1.29, 1.82) is 0 Å². The summed E-state index contributed by atoms with van der Waals surface area (Å²) >= 11 is 0. The van der Waals surface area contributed by atoms with Gasteiger partial charge < -0.3 is 52.1 Å². The Morgan fingerprint density at radius 3 is 1.84 bits per heavy atom. The van der Waals surface area contributed by atoms with Gasteiger partial charge in [0.25, 0.3) is 0 Å². The number of aliphatic hydroxyl groups excluding tert-OH is 5. The van der Waals surface area contributed by atoms with Gasteiger partial charge in [-0.15, -0.1) is 0 Å². The highest BCUT2D eigenvalue weighted by Crippen LogP contribution is 2.08. The Morgan fingerprint density at radius 2 is 1.34 bits per heavy atom. The van der Waals surface area contributed by atoms with Crippen LogP contribution in [0.4, 0.5) is 0 Å². The summed E-state index contributed by atoms with van der Waals surface area (Å²) < 4.78 is 0. The number of hydrogen-bond donors (Lipinski definition) is 10. The molecule has 0 rings (SSSR count). The highest BCUT2D eigenvalue weighted by molar-refractivity contribution is 5.93. The number of carbonyl (C=O) groups is 4. The van der Waals surface area contributed by atoms with Gasteiger partial charge in [0.05, 0.1) is 18.8 Å². The number of hydrogen-bond acceptors (Lipinski definition) is 10. The van der Waals surface area contributed by atoms with E-state index in [0.717, 1.165) is 0 Å². The Morgan fingerprint density at radius 1 is 0.763 bits per heavy atom. The first-order valence-corrected chi connectivity index (χ1v) is 12.9. The van der Waals surface area contributed by atoms with Gasteiger partial charge in [0, 0.05) is 25.6 Å². The summed E-state index contributed by atoms with van der Waals surface area (Å²) in [6.07, 6.45) is -7.00. The third kappa shape index (κ3) is 12.9. The molecule has 14 heteroatoms. The van der Waals surface area contributed by atoms with Gasteiger partial charge >= 0.3 is 0 Å². The molecule has 0 aliphatic carbocycles. The fourth-order valence-corrected chi connectivity index (χ4v) is 3.44. The van der Waals surface area contributed by atoms with Crippen molar-refractivity contribution in [2.24, 2.45) is 5.92 Å². The molecule has 0 aromatic carbocycles. The van der Waals surface area contributed by atoms with E-state index in [-0.39, 0.29) is 30.7 Å². The third-order valence-corrected chi connectivity index (χ3v) is 5.69. The Hall–Kier alpha value is -2.36. The molecule has 14 nitrogen and oxygen atoms in total. The monoisotopic (exact) mass is 549 g/mol. The quantitative estimate of drug-likeness (QED) is 0.0809. The van der Waals surface area contributed by atoms with Crippen LogP contribution in [0.25, 0.3) is 0 Å². The second kappa shape index (κ2) is 18.0. The molecule has 10 N–H and O–H groups in total. The SMILES string of the molecule is CCNC(=O)[C@H](C)NC(=O)[C@@H](NC(=O)[C@H](CCC(=O)NC[C@H](O)[C@@H](O)[C@H](O)[C@H](O)CO)NC(C)C)C(C)C. The summed E-state index contributed by atoms with van der Waals surface area (Å²) in [6, 6.07) is -2.69. The first-order chi connectivity index (χ1) is 17.7. The molecule has 0 spiro atoms. The van der Waals surface area contributed by atoms with Crippen molar-refractivity contribution in [1.82, 2.24) is 26.6 Å². The highest BCUT2D eigenvalue weighted by Gasteiger charge is 2.31. The lowest BCUT2D eigenvalue weighted by atomic mass is 10.0. The van der Waals surface area contributed by atoms with Crippen LogP contribution in [0.15, 0.2) is 0 Å². The molecule has 0 radical (unpaired) electrons. The molecule has 0 unspecified atom stereocenters. The van der Waals surface area contributed by atoms with E-state index in [2.05, 4.69) is 26.6 Å². The number of likely N-dealkylation sites (N-methyl/N-ethyl adjacent to an activating group) is 1. The van der Waals surface area contributed by atoms with Gasteiger partial charge in [0.15, 0.2) is 0 Å². The summed E-state index contributed by atoms with van der Waals surface area (Å²) in [5, 5.41) is 61.0. The van der Waals surface area contributed by atoms with Gasteiger partial charge in [-0.1, -0.05) is 27.7 Å². The predicted molar refractivity (Wildman–Crippen MR) is 138 cm³/mol. The predicted octanol–water partition coefficient (Wildman–Crippen LogP) is -3.53. The minimum absolute atomic E-state index is 0.0437. The minimum atomic E-state index is -1.81. The van der Waals surface area contributed by atoms with Crippen molar-refractivity contribution in [2.45, 2.75) is 103 Å². The van der Waals surface area contributed by atoms with Gasteiger partial charge in [0.1, 0.15) is 30.4 Å². The van der Waals surface area contributed by atoms with Crippen LogP contribution in [-0.2, 0) is 19.2 Å². The first-order valence-electron chi connectivity index (χ1n) is 12.9. The number of amides is 4. The summed E-state index contributed by atoms with van der Waals surface area (Å²) in [5.41, 5.74) is 0. The standard InChI is InChI=1S/C24H47N5O9/c1-7-25-22(36)14(6)28-24(38)19(12(2)3)29-23(37)15(27-13(4)5)8-9-18(33)26-10-16(31)20(34)21(35)17(32)11-30/h12-17,19-21,27,30-32,34-35H,7-11H2,1-6H3,(H,25,36)(H,26,33)(H,28,38)(H,29,37)/t14-,15-,16-,17+,19-,20+,21+/m0/s1. The molecule has 0 saturated heterocycles. The van der Waals surface area contributed by atoms with Crippen LogP contribution < -0.4 is 26.6 Å². The van der Waals surface area contributed by atoms with Gasteiger partial charge in [-0.3, -0.25) is 19.2 Å². The van der Waals surface area contributed by atoms with Gasteiger partial charge in [-0.2, -0.15) is 0 Å². The van der Waals surface area contributed by atoms with Crippen LogP contribution in [0.2, 0.25) is 0 Å². The molecule has 0 aromatic heterocycles. The Balaban J connectivity index is 5.09. The molecule has 0 aromatic rings. The van der Waals surface area contributed by atoms with Crippen molar-refractivity contribution < 1.29 is 44.7 Å². The number of carbonyl (C=O) groups excluding carboxylic acids is 4. The third-order valence-electron chi connectivity index (χ3n) is 5.69. The fourth-order valence-electron chi connectivity index (χ4n) is 3.44. The molecule has 0 saturated carbocycles. The van der Waals surface area contributed by atoms with E-state index in [0.29, 0.717) is 6.54 Å². The first kappa shape index (κ1) is 35.6. The maximum Gasteiger partial charge on any atom is 0.243 e. The topological polar surface area (TPSA) is 230 Å². The number of aliphatic hydroxyl groups is 5. The van der Waals surface area contributed by atoms with E-state index < -0.39 is 73.4 Å². The Labute approximate surface area is 223 Å². The smallest absolute Gasteiger partial charge is 0.243 e. The molecule has 0 fully saturated rings. The summed E-state index contributed by atoms with van der Waals surface area (Å²) in [7, 11) is 0. The lowest BCUT2D eigenvalue weighted by Crippen LogP contribution is -2.57. The average Bonchev–Trinajstić information content (AvgIpc) is 2.85. The van der Waals surface area contributed by atoms with Crippen LogP contribution >= 0.6 is 0 Å². The van der Waals surface area contributed by atoms with E-state index in [1.807, 2.05) is 13.8 Å². The molecular formula is C24H47N5O9. The molecule has 0 heterocycles. The number of nitrogens with one attached hydrogen (secondary N) is 5. The van der Waals surface area contributed by atoms with Crippen molar-refractivity contribution in [2.75, 3.05) is 19.7 Å². The molecular weight excluding hydrogens is 502 g/mol. The second-order valence-electron chi connectivity index (χ2n) is 9.87. The van der Waals surface area contributed by atoms with Crippen molar-refractivity contribution in [3.05, 3.63) is 0 Å². The maximum atomic E-state index is 13.0. The van der Waals surface area contributed by atoms with Crippen LogP contribution in [0.1, 0.15) is 54.4 Å². The summed E-state index contributed by atoms with van der Waals surface area (Å²) in [6.45, 7) is 9.55. The van der Waals surface area contributed by atoms with E-state index in [1.54, 1.807) is 20.8 Å². The highest BCUT2D eigenvalue weighted by atomic mass is 16.4. The molecule has 222 valence electrons. The van der Waals surface area contributed by atoms with E-state index in [9.17, 15) is 39.6 Å². The van der Waals surface area contributed by atoms with Crippen LogP contribution in [0.3, 0.4) is 0 Å². The maximum absolute atomic E-state index is 13.0. The van der Waals surface area contributed by atoms with Gasteiger partial charge in [-0.25, -0.2) is 0 Å². The van der Waals surface area contributed by atoms with Crippen LogP contribution in [0.5, 0.6) is 0 Å². The van der Waals surface area contributed by atoms with Crippen LogP contribution in [-0.4, -0.2) is 117 Å². The zero-order chi connectivity index (χ0) is 29.6. The molecule has 38 heavy (non-hydrogen) atoms. The van der Waals surface area contributed by atoms with E-state index in [4.69, 9.17) is 5.11 Å². The molecule has 0 bridgehead atoms. The summed E-state index contributed by atoms with van der Waals surface area (Å²) in [5.74, 6) is -2.23. The van der Waals surface area contributed by atoms with Crippen molar-refractivity contribution >= 4 is 23.6 Å². The fraction of sp³-hybridized carbons (Fsp3) is 0.833. The zero-order valence-electron chi connectivity index (χ0n) is 23.1. The molecule has 0 aliphatic rings. The largest absolute Gasteiger partial charge is 0.394 e. The zero-order valence-corrected chi connectivity index (χ0v) is 23.1. The van der Waals surface area contributed by atoms with Gasteiger partial charge in [0.2, 0.25) is 23.6 Å². The molecule has 0 aliphatic heterocycles. The average molecular weight is 550 g/mol.